The van der Waals surface area contributed by atoms with E-state index in [9.17, 15) is 0 Å². The molecule has 84 valence electrons. The van der Waals surface area contributed by atoms with Gasteiger partial charge in [0.25, 0.3) is 0 Å². The molecule has 0 aliphatic heterocycles. The number of hydrogen-bond acceptors (Lipinski definition) is 4. The van der Waals surface area contributed by atoms with Crippen molar-refractivity contribution in [1.29, 1.82) is 0 Å². The lowest BCUT2D eigenvalue weighted by molar-refractivity contribution is 0.490. The summed E-state index contributed by atoms with van der Waals surface area (Å²) in [7, 11) is 0. The summed E-state index contributed by atoms with van der Waals surface area (Å²) in [6, 6.07) is 3.87. The summed E-state index contributed by atoms with van der Waals surface area (Å²) in [6.07, 6.45) is 2.72. The topological polar surface area (TPSA) is 51.0 Å². The molecule has 1 saturated carbocycles. The van der Waals surface area contributed by atoms with E-state index in [2.05, 4.69) is 15.3 Å². The molecule has 0 spiro atoms. The molecule has 1 aliphatic carbocycles. The number of nitrogens with zero attached hydrogens (tertiary/aromatic N) is 2. The first-order valence-corrected chi connectivity index (χ1v) is 5.75. The molecular weight excluding hydrogens is 202 g/mol. The van der Waals surface area contributed by atoms with Crippen LogP contribution in [-0.4, -0.2) is 16.5 Å². The molecule has 1 fully saturated rings. The van der Waals surface area contributed by atoms with Crippen LogP contribution >= 0.6 is 0 Å². The molecule has 0 aromatic carbocycles. The van der Waals surface area contributed by atoms with Crippen LogP contribution < -0.4 is 5.32 Å². The van der Waals surface area contributed by atoms with Gasteiger partial charge in [0.15, 0.2) is 11.2 Å². The second kappa shape index (κ2) is 3.87. The van der Waals surface area contributed by atoms with E-state index >= 15 is 0 Å². The van der Waals surface area contributed by atoms with Gasteiger partial charge in [-0.1, -0.05) is 0 Å². The predicted octanol–water partition coefficient (Wildman–Crippen LogP) is 2.03. The Morgan fingerprint density at radius 3 is 3.06 bits per heavy atom. The number of fused-ring (bicyclic) bond motifs is 1. The average molecular weight is 217 g/mol. The highest BCUT2D eigenvalue weighted by Crippen LogP contribution is 2.27. The first-order chi connectivity index (χ1) is 7.81. The molecule has 1 aliphatic rings. The van der Waals surface area contributed by atoms with Crippen molar-refractivity contribution in [3.8, 4) is 0 Å². The minimum absolute atomic E-state index is 0.700. The van der Waals surface area contributed by atoms with Crippen LogP contribution in [0.15, 0.2) is 16.5 Å². The van der Waals surface area contributed by atoms with Gasteiger partial charge in [-0.2, -0.15) is 4.98 Å². The largest absolute Gasteiger partial charge is 0.438 e. The Bertz CT molecular complexity index is 502. The van der Waals surface area contributed by atoms with Gasteiger partial charge in [-0.05, 0) is 44.4 Å². The Morgan fingerprint density at radius 2 is 2.25 bits per heavy atom. The monoisotopic (exact) mass is 217 g/mol. The molecule has 1 N–H and O–H groups in total. The zero-order chi connectivity index (χ0) is 11.0. The van der Waals surface area contributed by atoms with Crippen molar-refractivity contribution in [1.82, 2.24) is 15.3 Å². The minimum Gasteiger partial charge on any atom is -0.438 e. The maximum atomic E-state index is 5.59. The van der Waals surface area contributed by atoms with Crippen molar-refractivity contribution in [2.24, 2.45) is 5.92 Å². The molecule has 0 saturated heterocycles. The van der Waals surface area contributed by atoms with Crippen LogP contribution in [0.4, 0.5) is 0 Å². The van der Waals surface area contributed by atoms with Crippen molar-refractivity contribution in [2.75, 3.05) is 6.54 Å². The number of oxazole rings is 1. The zero-order valence-electron chi connectivity index (χ0n) is 9.36. The highest BCUT2D eigenvalue weighted by atomic mass is 16.3. The summed E-state index contributed by atoms with van der Waals surface area (Å²) in [5, 5.41) is 3.36. The van der Waals surface area contributed by atoms with Gasteiger partial charge >= 0.3 is 0 Å². The third-order valence-electron chi connectivity index (χ3n) is 2.84. The van der Waals surface area contributed by atoms with Gasteiger partial charge in [0.05, 0.1) is 6.54 Å². The minimum atomic E-state index is 0.700. The van der Waals surface area contributed by atoms with Crippen LogP contribution in [0.3, 0.4) is 0 Å². The maximum Gasteiger partial charge on any atom is 0.211 e. The van der Waals surface area contributed by atoms with Crippen LogP contribution in [-0.2, 0) is 6.54 Å². The van der Waals surface area contributed by atoms with E-state index in [1.54, 1.807) is 0 Å². The number of nitrogens with one attached hydrogen (secondary N) is 1. The van der Waals surface area contributed by atoms with Crippen LogP contribution in [0.1, 0.15) is 24.4 Å². The maximum absolute atomic E-state index is 5.59. The number of rotatable bonds is 4. The van der Waals surface area contributed by atoms with Gasteiger partial charge in [0, 0.05) is 5.69 Å². The Hall–Kier alpha value is -1.42. The van der Waals surface area contributed by atoms with Gasteiger partial charge in [-0.25, -0.2) is 4.98 Å². The van der Waals surface area contributed by atoms with E-state index in [0.29, 0.717) is 12.2 Å². The van der Waals surface area contributed by atoms with Crippen molar-refractivity contribution in [3.63, 3.8) is 0 Å². The summed E-state index contributed by atoms with van der Waals surface area (Å²) in [5.74, 6) is 1.61. The summed E-state index contributed by atoms with van der Waals surface area (Å²) >= 11 is 0. The number of aryl methyl sites for hydroxylation is 1. The predicted molar refractivity (Wildman–Crippen MR) is 61.0 cm³/mol. The molecule has 2 heterocycles. The third kappa shape index (κ3) is 2.07. The Balaban J connectivity index is 1.71. The lowest BCUT2D eigenvalue weighted by Gasteiger charge is -1.97. The number of hydrogen-bond donors (Lipinski definition) is 1. The van der Waals surface area contributed by atoms with E-state index < -0.39 is 0 Å². The third-order valence-corrected chi connectivity index (χ3v) is 2.84. The second-order valence-electron chi connectivity index (χ2n) is 4.46. The van der Waals surface area contributed by atoms with Crippen molar-refractivity contribution in [3.05, 3.63) is 23.7 Å². The van der Waals surface area contributed by atoms with Gasteiger partial charge in [-0.3, -0.25) is 0 Å². The van der Waals surface area contributed by atoms with E-state index in [1.807, 2.05) is 19.1 Å². The normalized spacial score (nSPS) is 15.8. The van der Waals surface area contributed by atoms with Gasteiger partial charge in [-0.15, -0.1) is 0 Å². The lowest BCUT2D eigenvalue weighted by Crippen LogP contribution is -2.16. The lowest BCUT2D eigenvalue weighted by atomic mass is 10.4. The highest BCUT2D eigenvalue weighted by Gasteiger charge is 2.20. The van der Waals surface area contributed by atoms with E-state index in [-0.39, 0.29) is 0 Å². The van der Waals surface area contributed by atoms with E-state index in [0.717, 1.165) is 29.6 Å². The molecule has 0 atom stereocenters. The molecule has 0 radical (unpaired) electrons. The molecule has 4 nitrogen and oxygen atoms in total. The zero-order valence-corrected chi connectivity index (χ0v) is 9.36. The fraction of sp³-hybridized carbons (Fsp3) is 0.500. The van der Waals surface area contributed by atoms with Gasteiger partial charge in [0.2, 0.25) is 5.89 Å². The van der Waals surface area contributed by atoms with E-state index in [1.165, 1.54) is 12.8 Å². The standard InChI is InChI=1S/C12H15N3O/c1-8-2-5-10-12(14-8)15-11(16-10)7-13-6-9-3-4-9/h2,5,9,13H,3-4,6-7H2,1H3. The van der Waals surface area contributed by atoms with Crippen molar-refractivity contribution in [2.45, 2.75) is 26.3 Å². The molecule has 0 bridgehead atoms. The number of aromatic nitrogens is 2. The summed E-state index contributed by atoms with van der Waals surface area (Å²) in [5.41, 5.74) is 2.45. The van der Waals surface area contributed by atoms with Crippen LogP contribution in [0, 0.1) is 12.8 Å². The van der Waals surface area contributed by atoms with Crippen molar-refractivity contribution >= 4 is 11.2 Å². The van der Waals surface area contributed by atoms with Crippen LogP contribution in [0.2, 0.25) is 0 Å². The SMILES string of the molecule is Cc1ccc2oc(CNCC3CC3)nc2n1. The van der Waals surface area contributed by atoms with Crippen molar-refractivity contribution < 1.29 is 4.42 Å². The van der Waals surface area contributed by atoms with Crippen LogP contribution in [0.25, 0.3) is 11.2 Å². The highest BCUT2D eigenvalue weighted by molar-refractivity contribution is 5.67. The second-order valence-corrected chi connectivity index (χ2v) is 4.46. The molecule has 16 heavy (non-hydrogen) atoms. The molecule has 2 aromatic rings. The summed E-state index contributed by atoms with van der Waals surface area (Å²) in [4.78, 5) is 8.67. The Kier molecular flexibility index (Phi) is 2.36. The molecule has 4 heteroatoms. The molecule has 3 rings (SSSR count). The molecule has 0 amide bonds. The smallest absolute Gasteiger partial charge is 0.211 e. The molecule has 0 unspecified atom stereocenters. The first-order valence-electron chi connectivity index (χ1n) is 5.75. The van der Waals surface area contributed by atoms with Gasteiger partial charge < -0.3 is 9.73 Å². The van der Waals surface area contributed by atoms with E-state index in [4.69, 9.17) is 4.42 Å². The molecular formula is C12H15N3O. The van der Waals surface area contributed by atoms with Gasteiger partial charge in [0.1, 0.15) is 0 Å². The number of pyridine rings is 1. The first kappa shape index (κ1) is 9.78. The average Bonchev–Trinajstić information content (AvgIpc) is 2.98. The fourth-order valence-corrected chi connectivity index (χ4v) is 1.74. The molecule has 2 aromatic heterocycles. The fourth-order valence-electron chi connectivity index (χ4n) is 1.74. The Labute approximate surface area is 94.1 Å². The summed E-state index contributed by atoms with van der Waals surface area (Å²) in [6.45, 7) is 3.73. The Morgan fingerprint density at radius 1 is 1.38 bits per heavy atom. The van der Waals surface area contributed by atoms with Crippen LogP contribution in [0.5, 0.6) is 0 Å². The summed E-state index contributed by atoms with van der Waals surface area (Å²) < 4.78 is 5.59. The quantitative estimate of drug-likeness (QED) is 0.851.